The lowest BCUT2D eigenvalue weighted by Gasteiger charge is -2.37. The summed E-state index contributed by atoms with van der Waals surface area (Å²) in [6.07, 6.45) is 8.98. The van der Waals surface area contributed by atoms with Crippen molar-refractivity contribution in [2.45, 2.75) is 45.2 Å². The van der Waals surface area contributed by atoms with E-state index in [-0.39, 0.29) is 12.0 Å². The van der Waals surface area contributed by atoms with Crippen LogP contribution in [0.25, 0.3) is 11.2 Å². The van der Waals surface area contributed by atoms with Gasteiger partial charge >= 0.3 is 0 Å². The highest BCUT2D eigenvalue weighted by Crippen LogP contribution is 2.32. The van der Waals surface area contributed by atoms with Gasteiger partial charge in [0.1, 0.15) is 5.52 Å². The van der Waals surface area contributed by atoms with E-state index in [1.807, 2.05) is 25.1 Å². The van der Waals surface area contributed by atoms with Crippen molar-refractivity contribution < 1.29 is 13.9 Å². The van der Waals surface area contributed by atoms with Crippen LogP contribution in [0.1, 0.15) is 44.2 Å². The van der Waals surface area contributed by atoms with Gasteiger partial charge in [-0.2, -0.15) is 4.98 Å². The first kappa shape index (κ1) is 21.0. The number of rotatable bonds is 6. The summed E-state index contributed by atoms with van der Waals surface area (Å²) < 4.78 is 13.1. The van der Waals surface area contributed by atoms with E-state index in [2.05, 4.69) is 24.3 Å². The van der Waals surface area contributed by atoms with E-state index in [0.717, 1.165) is 69.6 Å². The van der Waals surface area contributed by atoms with Crippen LogP contribution in [0, 0.1) is 5.92 Å². The Balaban J connectivity index is 1.18. The number of amides is 1. The number of carbonyl (C=O) groups excluding carboxylic acids is 1. The van der Waals surface area contributed by atoms with Gasteiger partial charge in [0.15, 0.2) is 5.65 Å². The molecule has 0 saturated carbocycles. The van der Waals surface area contributed by atoms with Crippen LogP contribution in [0.3, 0.4) is 0 Å². The first-order valence-corrected chi connectivity index (χ1v) is 11.7. The van der Waals surface area contributed by atoms with Gasteiger partial charge in [-0.3, -0.25) is 14.3 Å². The fourth-order valence-corrected chi connectivity index (χ4v) is 5.05. The van der Waals surface area contributed by atoms with Gasteiger partial charge in [-0.15, -0.1) is 0 Å². The molecule has 0 atom stereocenters. The van der Waals surface area contributed by atoms with Gasteiger partial charge in [-0.05, 0) is 63.9 Å². The molecule has 32 heavy (non-hydrogen) atoms. The van der Waals surface area contributed by atoms with Crippen LogP contribution < -0.4 is 4.74 Å². The second-order valence-electron chi connectivity index (χ2n) is 8.78. The van der Waals surface area contributed by atoms with Gasteiger partial charge < -0.3 is 14.1 Å². The second-order valence-corrected chi connectivity index (χ2v) is 8.78. The molecule has 0 aromatic carbocycles. The summed E-state index contributed by atoms with van der Waals surface area (Å²) in [7, 11) is 0. The molecule has 0 bridgehead atoms. The number of aromatic nitrogens is 3. The Labute approximate surface area is 188 Å². The summed E-state index contributed by atoms with van der Waals surface area (Å²) in [6.45, 7) is 6.91. The second kappa shape index (κ2) is 9.32. The SMILES string of the molecule is CCOc1nc2cccnc2n1C1CCN(C(=O)C2CCN(Cc3ccoc3)CC2)CC1. The Morgan fingerprint density at radius 2 is 1.97 bits per heavy atom. The van der Waals surface area contributed by atoms with Gasteiger partial charge in [-0.25, -0.2) is 4.98 Å². The maximum absolute atomic E-state index is 13.2. The monoisotopic (exact) mass is 437 g/mol. The smallest absolute Gasteiger partial charge is 0.298 e. The van der Waals surface area contributed by atoms with Crippen LogP contribution in [-0.4, -0.2) is 63.0 Å². The minimum atomic E-state index is 0.141. The summed E-state index contributed by atoms with van der Waals surface area (Å²) in [4.78, 5) is 26.8. The number of pyridine rings is 1. The standard InChI is InChI=1S/C24H31N5O3/c1-2-32-24-26-21-4-3-10-25-22(21)29(24)20-7-13-28(14-8-20)23(30)19-5-11-27(12-6-19)16-18-9-15-31-17-18/h3-4,9-10,15,17,19-20H,2,5-8,11-14,16H2,1H3. The summed E-state index contributed by atoms with van der Waals surface area (Å²) in [5.41, 5.74) is 2.92. The third kappa shape index (κ3) is 4.24. The highest BCUT2D eigenvalue weighted by molar-refractivity contribution is 5.79. The van der Waals surface area contributed by atoms with Gasteiger partial charge in [-0.1, -0.05) is 0 Å². The molecular weight excluding hydrogens is 406 g/mol. The van der Waals surface area contributed by atoms with E-state index in [0.29, 0.717) is 18.5 Å². The van der Waals surface area contributed by atoms with E-state index in [4.69, 9.17) is 9.15 Å². The van der Waals surface area contributed by atoms with Crippen molar-refractivity contribution in [1.82, 2.24) is 24.3 Å². The van der Waals surface area contributed by atoms with Gasteiger partial charge in [0.25, 0.3) is 6.01 Å². The van der Waals surface area contributed by atoms with E-state index < -0.39 is 0 Å². The fraction of sp³-hybridized carbons (Fsp3) is 0.542. The normalized spacial score (nSPS) is 19.0. The highest BCUT2D eigenvalue weighted by atomic mass is 16.5. The quantitative estimate of drug-likeness (QED) is 0.588. The van der Waals surface area contributed by atoms with Crippen molar-refractivity contribution in [3.63, 3.8) is 0 Å². The Morgan fingerprint density at radius 1 is 1.16 bits per heavy atom. The van der Waals surface area contributed by atoms with Crippen molar-refractivity contribution in [3.05, 3.63) is 42.5 Å². The van der Waals surface area contributed by atoms with E-state index in [1.165, 1.54) is 5.56 Å². The summed E-state index contributed by atoms with van der Waals surface area (Å²) >= 11 is 0. The van der Waals surface area contributed by atoms with E-state index in [9.17, 15) is 4.79 Å². The zero-order valence-corrected chi connectivity index (χ0v) is 18.7. The van der Waals surface area contributed by atoms with E-state index in [1.54, 1.807) is 18.7 Å². The van der Waals surface area contributed by atoms with Crippen molar-refractivity contribution in [2.75, 3.05) is 32.8 Å². The summed E-state index contributed by atoms with van der Waals surface area (Å²) in [5, 5.41) is 0. The zero-order chi connectivity index (χ0) is 21.9. The Morgan fingerprint density at radius 3 is 2.69 bits per heavy atom. The largest absolute Gasteiger partial charge is 0.472 e. The van der Waals surface area contributed by atoms with Crippen molar-refractivity contribution in [1.29, 1.82) is 0 Å². The van der Waals surface area contributed by atoms with Gasteiger partial charge in [0.05, 0.1) is 19.1 Å². The molecule has 2 fully saturated rings. The molecular formula is C24H31N5O3. The van der Waals surface area contributed by atoms with Crippen LogP contribution in [0.4, 0.5) is 0 Å². The molecule has 0 N–H and O–H groups in total. The van der Waals surface area contributed by atoms with Crippen LogP contribution in [0.15, 0.2) is 41.3 Å². The molecule has 3 aromatic rings. The number of ether oxygens (including phenoxy) is 1. The molecule has 2 aliphatic heterocycles. The topological polar surface area (TPSA) is 76.6 Å². The molecule has 2 saturated heterocycles. The molecule has 0 spiro atoms. The van der Waals surface area contributed by atoms with Gasteiger partial charge in [0, 0.05) is 43.4 Å². The number of carbonyl (C=O) groups is 1. The molecule has 3 aromatic heterocycles. The molecule has 0 aliphatic carbocycles. The molecule has 5 rings (SSSR count). The lowest BCUT2D eigenvalue weighted by Crippen LogP contribution is -2.45. The van der Waals surface area contributed by atoms with Crippen molar-refractivity contribution >= 4 is 17.1 Å². The molecule has 170 valence electrons. The predicted molar refractivity (Wildman–Crippen MR) is 120 cm³/mol. The Hall–Kier alpha value is -2.87. The van der Waals surface area contributed by atoms with Gasteiger partial charge in [0.2, 0.25) is 5.91 Å². The Kier molecular flexibility index (Phi) is 6.12. The maximum atomic E-state index is 13.2. The number of piperidine rings is 2. The Bertz CT molecular complexity index is 1030. The maximum Gasteiger partial charge on any atom is 0.298 e. The average molecular weight is 438 g/mol. The minimum absolute atomic E-state index is 0.141. The number of imidazole rings is 1. The zero-order valence-electron chi connectivity index (χ0n) is 18.7. The molecule has 1 amide bonds. The van der Waals surface area contributed by atoms with Crippen molar-refractivity contribution in [2.24, 2.45) is 5.92 Å². The first-order chi connectivity index (χ1) is 15.7. The molecule has 8 nitrogen and oxygen atoms in total. The summed E-state index contributed by atoms with van der Waals surface area (Å²) in [6, 6.07) is 6.77. The van der Waals surface area contributed by atoms with Crippen LogP contribution in [0.2, 0.25) is 0 Å². The number of likely N-dealkylation sites (tertiary alicyclic amines) is 2. The predicted octanol–water partition coefficient (Wildman–Crippen LogP) is 3.50. The number of hydrogen-bond donors (Lipinski definition) is 0. The minimum Gasteiger partial charge on any atom is -0.472 e. The molecule has 2 aliphatic rings. The average Bonchev–Trinajstić information content (AvgIpc) is 3.47. The van der Waals surface area contributed by atoms with Crippen LogP contribution in [-0.2, 0) is 11.3 Å². The lowest BCUT2D eigenvalue weighted by molar-refractivity contribution is -0.138. The third-order valence-electron chi connectivity index (χ3n) is 6.75. The fourth-order valence-electron chi connectivity index (χ4n) is 5.05. The van der Waals surface area contributed by atoms with Crippen LogP contribution >= 0.6 is 0 Å². The van der Waals surface area contributed by atoms with Crippen LogP contribution in [0.5, 0.6) is 6.01 Å². The molecule has 8 heteroatoms. The molecule has 5 heterocycles. The summed E-state index contributed by atoms with van der Waals surface area (Å²) in [5.74, 6) is 0.465. The first-order valence-electron chi connectivity index (χ1n) is 11.7. The number of fused-ring (bicyclic) bond motifs is 1. The number of nitrogens with zero attached hydrogens (tertiary/aromatic N) is 5. The molecule has 0 radical (unpaired) electrons. The molecule has 0 unspecified atom stereocenters. The third-order valence-corrected chi connectivity index (χ3v) is 6.75. The number of furan rings is 1. The number of hydrogen-bond acceptors (Lipinski definition) is 6. The lowest BCUT2D eigenvalue weighted by atomic mass is 9.93. The highest BCUT2D eigenvalue weighted by Gasteiger charge is 2.32. The van der Waals surface area contributed by atoms with E-state index >= 15 is 0 Å². The van der Waals surface area contributed by atoms with Crippen molar-refractivity contribution in [3.8, 4) is 6.01 Å².